The molecule has 0 unspecified atom stereocenters. The van der Waals surface area contributed by atoms with Crippen molar-refractivity contribution in [3.8, 4) is 22.8 Å². The Bertz CT molecular complexity index is 1050. The van der Waals surface area contributed by atoms with Gasteiger partial charge in [0.15, 0.2) is 5.76 Å². The van der Waals surface area contributed by atoms with Gasteiger partial charge in [-0.25, -0.2) is 14.1 Å². The number of aromatic nitrogens is 3. The van der Waals surface area contributed by atoms with E-state index in [0.29, 0.717) is 5.89 Å². The van der Waals surface area contributed by atoms with Crippen LogP contribution in [0, 0.1) is 0 Å². The molecular formula is C27H32N3O+. The topological polar surface area (TPSA) is 34.8 Å². The van der Waals surface area contributed by atoms with Crippen molar-refractivity contribution in [1.82, 2.24) is 9.55 Å². The first-order chi connectivity index (χ1) is 15.3. The van der Waals surface area contributed by atoms with E-state index in [1.807, 2.05) is 30.3 Å². The zero-order chi connectivity index (χ0) is 21.3. The van der Waals surface area contributed by atoms with Crippen LogP contribution in [0.4, 0.5) is 0 Å². The van der Waals surface area contributed by atoms with Crippen LogP contribution in [-0.4, -0.2) is 9.55 Å². The average molecular weight is 415 g/mol. The summed E-state index contributed by atoms with van der Waals surface area (Å²) in [5, 5.41) is 0. The molecule has 0 amide bonds. The van der Waals surface area contributed by atoms with Crippen molar-refractivity contribution in [2.45, 2.75) is 58.5 Å². The molecular weight excluding hydrogens is 382 g/mol. The molecule has 2 aromatic carbocycles. The molecule has 4 nitrogen and oxygen atoms in total. The van der Waals surface area contributed by atoms with Gasteiger partial charge in [-0.3, -0.25) is 0 Å². The van der Waals surface area contributed by atoms with E-state index in [-0.39, 0.29) is 0 Å². The summed E-state index contributed by atoms with van der Waals surface area (Å²) in [6, 6.07) is 18.6. The summed E-state index contributed by atoms with van der Waals surface area (Å²) in [5.41, 5.74) is 3.30. The van der Waals surface area contributed by atoms with Crippen molar-refractivity contribution >= 4 is 0 Å². The fraction of sp³-hybridized carbons (Fsp3) is 0.333. The van der Waals surface area contributed by atoms with Crippen LogP contribution in [0.1, 0.15) is 51.0 Å². The molecule has 0 radical (unpaired) electrons. The molecule has 2 aromatic heterocycles. The third kappa shape index (κ3) is 5.94. The van der Waals surface area contributed by atoms with Crippen molar-refractivity contribution in [1.29, 1.82) is 0 Å². The lowest BCUT2D eigenvalue weighted by atomic mass is 10.1. The van der Waals surface area contributed by atoms with Gasteiger partial charge in [0.2, 0.25) is 12.2 Å². The highest BCUT2D eigenvalue weighted by Gasteiger charge is 2.09. The zero-order valence-corrected chi connectivity index (χ0v) is 18.4. The molecule has 4 aromatic rings. The van der Waals surface area contributed by atoms with Gasteiger partial charge in [0.05, 0.1) is 12.7 Å². The van der Waals surface area contributed by atoms with Gasteiger partial charge in [0.25, 0.3) is 0 Å². The highest BCUT2D eigenvalue weighted by molar-refractivity contribution is 5.61. The number of hydrogen-bond donors (Lipinski definition) is 0. The number of rotatable bonds is 11. The van der Waals surface area contributed by atoms with E-state index in [1.54, 1.807) is 6.20 Å². The molecule has 0 saturated heterocycles. The van der Waals surface area contributed by atoms with Crippen molar-refractivity contribution in [3.63, 3.8) is 0 Å². The smallest absolute Gasteiger partial charge is 0.244 e. The maximum atomic E-state index is 5.97. The van der Waals surface area contributed by atoms with Crippen LogP contribution in [0.15, 0.2) is 83.9 Å². The van der Waals surface area contributed by atoms with Crippen LogP contribution < -0.4 is 4.57 Å². The molecule has 0 aliphatic carbocycles. The van der Waals surface area contributed by atoms with Gasteiger partial charge >= 0.3 is 0 Å². The second kappa shape index (κ2) is 10.8. The molecule has 0 fully saturated rings. The van der Waals surface area contributed by atoms with Gasteiger partial charge in [0, 0.05) is 11.1 Å². The van der Waals surface area contributed by atoms with Gasteiger partial charge in [-0.2, -0.15) is 0 Å². The second-order valence-electron chi connectivity index (χ2n) is 8.18. The van der Waals surface area contributed by atoms with E-state index in [9.17, 15) is 0 Å². The fourth-order valence-electron chi connectivity index (χ4n) is 3.85. The van der Waals surface area contributed by atoms with E-state index in [0.717, 1.165) is 30.0 Å². The Balaban J connectivity index is 1.30. The number of imidazole rings is 1. The molecule has 0 N–H and O–H groups in total. The van der Waals surface area contributed by atoms with Gasteiger partial charge in [-0.15, -0.1) is 0 Å². The van der Waals surface area contributed by atoms with Gasteiger partial charge in [-0.05, 0) is 30.5 Å². The van der Waals surface area contributed by atoms with Crippen molar-refractivity contribution < 1.29 is 8.98 Å². The molecule has 0 aliphatic heterocycles. The van der Waals surface area contributed by atoms with E-state index >= 15 is 0 Å². The molecule has 4 rings (SSSR count). The van der Waals surface area contributed by atoms with Gasteiger partial charge in [0.1, 0.15) is 18.9 Å². The Morgan fingerprint density at radius 2 is 1.65 bits per heavy atom. The molecule has 31 heavy (non-hydrogen) atoms. The average Bonchev–Trinajstić information content (AvgIpc) is 3.47. The van der Waals surface area contributed by atoms with Crippen LogP contribution in [-0.2, 0) is 13.1 Å². The predicted molar refractivity (Wildman–Crippen MR) is 124 cm³/mol. The SMILES string of the molecule is CCCCCCCC[n+]1ccn(Cc2ccc(-c3ncc(-c4ccccc4)o3)cc2)c1. The first kappa shape index (κ1) is 21.1. The van der Waals surface area contributed by atoms with Crippen molar-refractivity contribution in [3.05, 3.63) is 85.1 Å². The standard InChI is InChI=1S/C27H32N3O/c1-2-3-4-5-6-10-17-29-18-19-30(22-29)21-23-13-15-25(16-14-23)27-28-20-26(31-27)24-11-8-7-9-12-24/h7-9,11-16,18-20,22H,2-6,10,17,21H2,1H3/q+1. The number of nitrogens with zero attached hydrogens (tertiary/aromatic N) is 3. The molecule has 160 valence electrons. The maximum Gasteiger partial charge on any atom is 0.244 e. The Labute approximate surface area is 185 Å². The monoisotopic (exact) mass is 414 g/mol. The molecule has 2 heterocycles. The highest BCUT2D eigenvalue weighted by Crippen LogP contribution is 2.26. The van der Waals surface area contributed by atoms with Crippen molar-refractivity contribution in [2.24, 2.45) is 0 Å². The Morgan fingerprint density at radius 3 is 2.45 bits per heavy atom. The summed E-state index contributed by atoms with van der Waals surface area (Å²) in [6.45, 7) is 4.23. The van der Waals surface area contributed by atoms with Gasteiger partial charge < -0.3 is 4.42 Å². The summed E-state index contributed by atoms with van der Waals surface area (Å²) >= 11 is 0. The molecule has 0 atom stereocenters. The molecule has 0 aliphatic rings. The van der Waals surface area contributed by atoms with E-state index in [1.165, 1.54) is 44.1 Å². The third-order valence-corrected chi connectivity index (χ3v) is 5.65. The Hall–Kier alpha value is -3.14. The van der Waals surface area contributed by atoms with Crippen LogP contribution >= 0.6 is 0 Å². The quantitative estimate of drug-likeness (QED) is 0.207. The Morgan fingerprint density at radius 1 is 0.871 bits per heavy atom. The second-order valence-corrected chi connectivity index (χ2v) is 8.18. The summed E-state index contributed by atoms with van der Waals surface area (Å²) in [6.07, 6.45) is 16.3. The summed E-state index contributed by atoms with van der Waals surface area (Å²) in [4.78, 5) is 4.46. The number of hydrogen-bond acceptors (Lipinski definition) is 2. The summed E-state index contributed by atoms with van der Waals surface area (Å²) in [7, 11) is 0. The molecule has 4 heteroatoms. The summed E-state index contributed by atoms with van der Waals surface area (Å²) in [5.74, 6) is 1.45. The van der Waals surface area contributed by atoms with Crippen LogP contribution in [0.2, 0.25) is 0 Å². The number of benzene rings is 2. The highest BCUT2D eigenvalue weighted by atomic mass is 16.4. The van der Waals surface area contributed by atoms with E-state index < -0.39 is 0 Å². The normalized spacial score (nSPS) is 11.1. The summed E-state index contributed by atoms with van der Waals surface area (Å²) < 4.78 is 10.5. The first-order valence-electron chi connectivity index (χ1n) is 11.5. The van der Waals surface area contributed by atoms with E-state index in [2.05, 4.69) is 64.0 Å². The minimum atomic E-state index is 0.656. The number of oxazole rings is 1. The lowest BCUT2D eigenvalue weighted by Crippen LogP contribution is -2.30. The number of unbranched alkanes of at least 4 members (excludes halogenated alkanes) is 5. The fourth-order valence-corrected chi connectivity index (χ4v) is 3.85. The maximum absolute atomic E-state index is 5.97. The molecule has 0 spiro atoms. The largest absolute Gasteiger partial charge is 0.436 e. The van der Waals surface area contributed by atoms with Gasteiger partial charge in [-0.1, -0.05) is 75.1 Å². The lowest BCUT2D eigenvalue weighted by molar-refractivity contribution is -0.696. The minimum Gasteiger partial charge on any atom is -0.436 e. The molecule has 0 bridgehead atoms. The first-order valence-corrected chi connectivity index (χ1v) is 11.5. The molecule has 0 saturated carbocycles. The minimum absolute atomic E-state index is 0.656. The predicted octanol–water partition coefficient (Wildman–Crippen LogP) is 6.51. The van der Waals surface area contributed by atoms with Crippen molar-refractivity contribution in [2.75, 3.05) is 0 Å². The Kier molecular flexibility index (Phi) is 7.32. The van der Waals surface area contributed by atoms with Crippen LogP contribution in [0.25, 0.3) is 22.8 Å². The number of aryl methyl sites for hydroxylation is 1. The third-order valence-electron chi connectivity index (χ3n) is 5.65. The lowest BCUT2D eigenvalue weighted by Gasteiger charge is -2.01. The zero-order valence-electron chi connectivity index (χ0n) is 18.4. The van der Waals surface area contributed by atoms with E-state index in [4.69, 9.17) is 4.42 Å². The van der Waals surface area contributed by atoms with Crippen LogP contribution in [0.3, 0.4) is 0 Å². The van der Waals surface area contributed by atoms with Crippen LogP contribution in [0.5, 0.6) is 0 Å².